The Kier molecular flexibility index (Phi) is 6.85. The van der Waals surface area contributed by atoms with E-state index in [0.29, 0.717) is 17.1 Å². The Hall–Kier alpha value is -2.30. The highest BCUT2D eigenvalue weighted by Gasteiger charge is 2.06. The van der Waals surface area contributed by atoms with Gasteiger partial charge >= 0.3 is 0 Å². The molecular formula is C17H21N5OS. The molecule has 0 aliphatic carbocycles. The summed E-state index contributed by atoms with van der Waals surface area (Å²) >= 11 is 1.53. The summed E-state index contributed by atoms with van der Waals surface area (Å²) in [6.07, 6.45) is 1.86. The summed E-state index contributed by atoms with van der Waals surface area (Å²) < 4.78 is 1.82. The third-order valence-electron chi connectivity index (χ3n) is 3.27. The number of nitrogens with zero attached hydrogens (tertiary/aromatic N) is 4. The highest BCUT2D eigenvalue weighted by atomic mass is 32.2. The number of carbonyl (C=O) groups excluding carboxylic acids is 1. The minimum Gasteiger partial charge on any atom is -0.308 e. The van der Waals surface area contributed by atoms with Gasteiger partial charge in [-0.2, -0.15) is 10.4 Å². The summed E-state index contributed by atoms with van der Waals surface area (Å²) in [5, 5.41) is 15.9. The second-order valence-electron chi connectivity index (χ2n) is 5.62. The van der Waals surface area contributed by atoms with Crippen molar-refractivity contribution in [2.45, 2.75) is 12.3 Å². The van der Waals surface area contributed by atoms with Crippen LogP contribution in [0.2, 0.25) is 0 Å². The van der Waals surface area contributed by atoms with E-state index in [4.69, 9.17) is 5.26 Å². The fourth-order valence-electron chi connectivity index (χ4n) is 1.97. The summed E-state index contributed by atoms with van der Waals surface area (Å²) in [5.41, 5.74) is 1.74. The highest BCUT2D eigenvalue weighted by Crippen LogP contribution is 2.13. The lowest BCUT2D eigenvalue weighted by Crippen LogP contribution is -2.19. The van der Waals surface area contributed by atoms with Crippen LogP contribution >= 0.6 is 11.8 Å². The second-order valence-corrected chi connectivity index (χ2v) is 6.60. The topological polar surface area (TPSA) is 73.9 Å². The number of amides is 1. The van der Waals surface area contributed by atoms with Crippen LogP contribution in [0.15, 0.2) is 36.5 Å². The molecule has 0 atom stereocenters. The first kappa shape index (κ1) is 18.0. The number of aromatic nitrogens is 2. The monoisotopic (exact) mass is 343 g/mol. The van der Waals surface area contributed by atoms with Crippen LogP contribution in [0.1, 0.15) is 11.1 Å². The number of carbonyl (C=O) groups is 1. The molecule has 0 aliphatic heterocycles. The molecule has 126 valence electrons. The van der Waals surface area contributed by atoms with Crippen molar-refractivity contribution in [2.75, 3.05) is 31.7 Å². The average molecular weight is 343 g/mol. The van der Waals surface area contributed by atoms with E-state index in [1.165, 1.54) is 11.8 Å². The van der Waals surface area contributed by atoms with Gasteiger partial charge in [-0.25, -0.2) is 0 Å². The number of hydrogen-bond donors (Lipinski definition) is 1. The number of thioether (sulfide) groups is 1. The van der Waals surface area contributed by atoms with Gasteiger partial charge in [0.05, 0.1) is 23.9 Å². The van der Waals surface area contributed by atoms with Crippen molar-refractivity contribution < 1.29 is 4.79 Å². The number of hydrogen-bond acceptors (Lipinski definition) is 5. The van der Waals surface area contributed by atoms with Gasteiger partial charge in [-0.3, -0.25) is 9.48 Å². The molecule has 0 radical (unpaired) electrons. The van der Waals surface area contributed by atoms with Crippen LogP contribution in [0.25, 0.3) is 0 Å². The van der Waals surface area contributed by atoms with Gasteiger partial charge in [-0.05, 0) is 31.8 Å². The number of anilines is 1. The van der Waals surface area contributed by atoms with Crippen molar-refractivity contribution in [3.63, 3.8) is 0 Å². The number of nitrogens with one attached hydrogen (secondary N) is 1. The largest absolute Gasteiger partial charge is 0.308 e. The number of benzene rings is 1. The lowest BCUT2D eigenvalue weighted by atomic mass is 10.2. The van der Waals surface area contributed by atoms with Crippen molar-refractivity contribution in [3.05, 3.63) is 47.7 Å². The molecule has 0 bridgehead atoms. The van der Waals surface area contributed by atoms with E-state index < -0.39 is 0 Å². The van der Waals surface area contributed by atoms with E-state index in [0.717, 1.165) is 24.4 Å². The summed E-state index contributed by atoms with van der Waals surface area (Å²) in [7, 11) is 4.02. The number of nitriles is 1. The number of rotatable bonds is 8. The zero-order valence-electron chi connectivity index (χ0n) is 13.9. The molecule has 24 heavy (non-hydrogen) atoms. The normalized spacial score (nSPS) is 10.6. The summed E-state index contributed by atoms with van der Waals surface area (Å²) in [6.45, 7) is 1.69. The first-order chi connectivity index (χ1) is 11.6. The molecule has 7 heteroatoms. The molecule has 0 saturated carbocycles. The fraction of sp³-hybridized carbons (Fsp3) is 0.353. The lowest BCUT2D eigenvalue weighted by Gasteiger charge is -2.08. The maximum absolute atomic E-state index is 11.9. The first-order valence-corrected chi connectivity index (χ1v) is 8.77. The Bertz CT molecular complexity index is 703. The third kappa shape index (κ3) is 6.07. The van der Waals surface area contributed by atoms with Gasteiger partial charge in [-0.15, -0.1) is 11.8 Å². The van der Waals surface area contributed by atoms with E-state index in [9.17, 15) is 4.79 Å². The van der Waals surface area contributed by atoms with Gasteiger partial charge in [0.15, 0.2) is 5.82 Å². The Morgan fingerprint density at radius 2 is 2.08 bits per heavy atom. The van der Waals surface area contributed by atoms with E-state index in [1.807, 2.05) is 37.1 Å². The molecule has 0 unspecified atom stereocenters. The molecule has 1 heterocycles. The van der Waals surface area contributed by atoms with Gasteiger partial charge in [0.25, 0.3) is 0 Å². The third-order valence-corrected chi connectivity index (χ3v) is 4.27. The molecule has 2 rings (SSSR count). The van der Waals surface area contributed by atoms with E-state index >= 15 is 0 Å². The van der Waals surface area contributed by atoms with Crippen LogP contribution in [-0.4, -0.2) is 47.0 Å². The van der Waals surface area contributed by atoms with Crippen LogP contribution < -0.4 is 5.32 Å². The molecule has 1 N–H and O–H groups in total. The SMILES string of the molecule is CN(C)CCn1ccc(NC(=O)CSCc2ccc(C#N)cc2)n1. The van der Waals surface area contributed by atoms with Crippen molar-refractivity contribution in [2.24, 2.45) is 0 Å². The molecule has 1 aromatic carbocycles. The fourth-order valence-corrected chi connectivity index (χ4v) is 2.76. The maximum Gasteiger partial charge on any atom is 0.235 e. The number of likely N-dealkylation sites (N-methyl/N-ethyl adjacent to an activating group) is 1. The van der Waals surface area contributed by atoms with Gasteiger partial charge in [-0.1, -0.05) is 12.1 Å². The zero-order chi connectivity index (χ0) is 17.4. The molecule has 1 amide bonds. The van der Waals surface area contributed by atoms with Gasteiger partial charge in [0.1, 0.15) is 0 Å². The maximum atomic E-state index is 11.9. The van der Waals surface area contributed by atoms with Crippen LogP contribution in [0, 0.1) is 11.3 Å². The molecule has 1 aromatic heterocycles. The van der Waals surface area contributed by atoms with Crippen LogP contribution in [0.4, 0.5) is 5.82 Å². The second kappa shape index (κ2) is 9.11. The minimum absolute atomic E-state index is 0.0634. The Balaban J connectivity index is 1.72. The zero-order valence-corrected chi connectivity index (χ0v) is 14.7. The molecule has 6 nitrogen and oxygen atoms in total. The molecule has 0 fully saturated rings. The lowest BCUT2D eigenvalue weighted by molar-refractivity contribution is -0.113. The molecular weight excluding hydrogens is 322 g/mol. The standard InChI is InChI=1S/C17H21N5OS/c1-21(2)9-10-22-8-7-16(20-22)19-17(23)13-24-12-15-5-3-14(11-18)4-6-15/h3-8H,9-10,12-13H2,1-2H3,(H,19,20,23). The van der Waals surface area contributed by atoms with E-state index in [2.05, 4.69) is 21.4 Å². The predicted octanol–water partition coefficient (Wildman–Crippen LogP) is 2.19. The van der Waals surface area contributed by atoms with Crippen molar-refractivity contribution in [1.29, 1.82) is 5.26 Å². The molecule has 0 spiro atoms. The average Bonchev–Trinajstić information content (AvgIpc) is 3.01. The van der Waals surface area contributed by atoms with Crippen LogP contribution in [0.3, 0.4) is 0 Å². The van der Waals surface area contributed by atoms with Gasteiger partial charge in [0, 0.05) is 24.6 Å². The van der Waals surface area contributed by atoms with Gasteiger partial charge < -0.3 is 10.2 Å². The van der Waals surface area contributed by atoms with E-state index in [-0.39, 0.29) is 5.91 Å². The minimum atomic E-state index is -0.0634. The summed E-state index contributed by atoms with van der Waals surface area (Å²) in [6, 6.07) is 11.3. The Morgan fingerprint density at radius 3 is 2.75 bits per heavy atom. The van der Waals surface area contributed by atoms with Gasteiger partial charge in [0.2, 0.25) is 5.91 Å². The van der Waals surface area contributed by atoms with E-state index in [1.54, 1.807) is 18.2 Å². The predicted molar refractivity (Wildman–Crippen MR) is 96.7 cm³/mol. The molecule has 0 aliphatic rings. The Morgan fingerprint density at radius 1 is 1.33 bits per heavy atom. The quantitative estimate of drug-likeness (QED) is 0.795. The van der Waals surface area contributed by atoms with Crippen molar-refractivity contribution >= 4 is 23.5 Å². The summed E-state index contributed by atoms with van der Waals surface area (Å²) in [4.78, 5) is 14.0. The highest BCUT2D eigenvalue weighted by molar-refractivity contribution is 7.99. The van der Waals surface area contributed by atoms with Crippen LogP contribution in [-0.2, 0) is 17.1 Å². The molecule has 0 saturated heterocycles. The summed E-state index contributed by atoms with van der Waals surface area (Å²) in [5.74, 6) is 1.62. The van der Waals surface area contributed by atoms with Crippen molar-refractivity contribution in [1.82, 2.24) is 14.7 Å². The first-order valence-electron chi connectivity index (χ1n) is 7.61. The molecule has 2 aromatic rings. The van der Waals surface area contributed by atoms with Crippen molar-refractivity contribution in [3.8, 4) is 6.07 Å². The Labute approximate surface area is 146 Å². The smallest absolute Gasteiger partial charge is 0.235 e. The van der Waals surface area contributed by atoms with Crippen LogP contribution in [0.5, 0.6) is 0 Å².